The number of aromatic nitrogens is 3. The molecule has 3 rings (SSSR count). The Morgan fingerprint density at radius 2 is 2.00 bits per heavy atom. The van der Waals surface area contributed by atoms with Crippen molar-refractivity contribution in [2.75, 3.05) is 19.8 Å². The Morgan fingerprint density at radius 1 is 1.23 bits per heavy atom. The first-order chi connectivity index (χ1) is 10.5. The van der Waals surface area contributed by atoms with Crippen molar-refractivity contribution in [3.05, 3.63) is 42.0 Å². The molecule has 22 heavy (non-hydrogen) atoms. The first-order valence-electron chi connectivity index (χ1n) is 6.65. The van der Waals surface area contributed by atoms with Gasteiger partial charge in [0.2, 0.25) is 5.95 Å². The third kappa shape index (κ3) is 2.56. The van der Waals surface area contributed by atoms with Crippen molar-refractivity contribution in [3.63, 3.8) is 0 Å². The van der Waals surface area contributed by atoms with Crippen molar-refractivity contribution in [3.8, 4) is 22.9 Å². The molecule has 2 heterocycles. The normalized spacial score (nSPS) is 10.6. The molecule has 1 amide bonds. The summed E-state index contributed by atoms with van der Waals surface area (Å²) in [4.78, 5) is 17.6. The molecule has 0 radical (unpaired) electrons. The number of carbonyl (C=O) groups excluding carboxylic acids is 1. The Bertz CT molecular complexity index is 819. The summed E-state index contributed by atoms with van der Waals surface area (Å²) >= 11 is 0. The van der Waals surface area contributed by atoms with Crippen LogP contribution in [0.15, 0.2) is 40.8 Å². The topological polar surface area (TPSA) is 101 Å². The van der Waals surface area contributed by atoms with E-state index < -0.39 is 0 Å². The van der Waals surface area contributed by atoms with Crippen LogP contribution in [0.1, 0.15) is 10.4 Å². The zero-order valence-corrected chi connectivity index (χ0v) is 12.2. The SMILES string of the molecule is CN(C)C(=O)c1cccc(-c2ccc(-c3nc(N)n[nH]3)o2)c1. The van der Waals surface area contributed by atoms with E-state index in [4.69, 9.17) is 10.2 Å². The summed E-state index contributed by atoms with van der Waals surface area (Å²) in [6, 6.07) is 10.8. The molecule has 0 atom stereocenters. The summed E-state index contributed by atoms with van der Waals surface area (Å²) in [5, 5.41) is 6.45. The van der Waals surface area contributed by atoms with Crippen LogP contribution in [0.4, 0.5) is 5.95 Å². The van der Waals surface area contributed by atoms with Crippen molar-refractivity contribution in [2.45, 2.75) is 0 Å². The molecule has 0 aliphatic heterocycles. The van der Waals surface area contributed by atoms with Crippen LogP contribution in [0.3, 0.4) is 0 Å². The fraction of sp³-hybridized carbons (Fsp3) is 0.133. The van der Waals surface area contributed by atoms with Gasteiger partial charge in [-0.1, -0.05) is 12.1 Å². The average molecular weight is 297 g/mol. The number of nitrogen functional groups attached to an aromatic ring is 1. The number of nitrogens with zero attached hydrogens (tertiary/aromatic N) is 3. The molecular weight excluding hydrogens is 282 g/mol. The van der Waals surface area contributed by atoms with E-state index in [0.717, 1.165) is 5.56 Å². The van der Waals surface area contributed by atoms with Crippen molar-refractivity contribution in [2.24, 2.45) is 0 Å². The number of amides is 1. The van der Waals surface area contributed by atoms with Crippen LogP contribution in [0, 0.1) is 0 Å². The minimum Gasteiger partial charge on any atom is -0.453 e. The highest BCUT2D eigenvalue weighted by Crippen LogP contribution is 2.27. The summed E-state index contributed by atoms with van der Waals surface area (Å²) in [5.74, 6) is 1.73. The number of hydrogen-bond donors (Lipinski definition) is 2. The van der Waals surface area contributed by atoms with Crippen molar-refractivity contribution < 1.29 is 9.21 Å². The van der Waals surface area contributed by atoms with E-state index in [1.807, 2.05) is 18.2 Å². The Hall–Kier alpha value is -3.09. The second-order valence-electron chi connectivity index (χ2n) is 4.99. The molecule has 0 aliphatic rings. The number of aromatic amines is 1. The molecule has 7 nitrogen and oxygen atoms in total. The second kappa shape index (κ2) is 5.36. The van der Waals surface area contributed by atoms with Crippen molar-refractivity contribution >= 4 is 11.9 Å². The molecule has 0 saturated heterocycles. The van der Waals surface area contributed by atoms with Gasteiger partial charge in [0.1, 0.15) is 5.76 Å². The molecular formula is C15H15N5O2. The van der Waals surface area contributed by atoms with E-state index >= 15 is 0 Å². The fourth-order valence-electron chi connectivity index (χ4n) is 2.07. The van der Waals surface area contributed by atoms with Crippen LogP contribution < -0.4 is 5.73 Å². The number of benzene rings is 1. The van der Waals surface area contributed by atoms with Crippen molar-refractivity contribution in [1.82, 2.24) is 20.1 Å². The third-order valence-electron chi connectivity index (χ3n) is 3.14. The van der Waals surface area contributed by atoms with E-state index in [-0.39, 0.29) is 11.9 Å². The van der Waals surface area contributed by atoms with Gasteiger partial charge in [-0.25, -0.2) is 0 Å². The highest BCUT2D eigenvalue weighted by atomic mass is 16.3. The largest absolute Gasteiger partial charge is 0.453 e. The Morgan fingerprint density at radius 3 is 2.68 bits per heavy atom. The Labute approximate surface area is 126 Å². The van der Waals surface area contributed by atoms with E-state index in [2.05, 4.69) is 15.2 Å². The molecule has 0 saturated carbocycles. The van der Waals surface area contributed by atoms with Crippen LogP contribution in [-0.4, -0.2) is 40.1 Å². The minimum atomic E-state index is -0.0587. The third-order valence-corrected chi connectivity index (χ3v) is 3.14. The highest BCUT2D eigenvalue weighted by molar-refractivity contribution is 5.95. The maximum absolute atomic E-state index is 12.0. The molecule has 0 bridgehead atoms. The van der Waals surface area contributed by atoms with E-state index in [9.17, 15) is 4.79 Å². The number of H-pyrrole nitrogens is 1. The number of hydrogen-bond acceptors (Lipinski definition) is 5. The van der Waals surface area contributed by atoms with Gasteiger partial charge in [0.15, 0.2) is 11.6 Å². The molecule has 3 N–H and O–H groups in total. The molecule has 1 aromatic carbocycles. The highest BCUT2D eigenvalue weighted by Gasteiger charge is 2.13. The minimum absolute atomic E-state index is 0.0587. The van der Waals surface area contributed by atoms with Gasteiger partial charge >= 0.3 is 0 Å². The van der Waals surface area contributed by atoms with E-state index in [0.29, 0.717) is 22.9 Å². The molecule has 7 heteroatoms. The predicted molar refractivity (Wildman–Crippen MR) is 82.0 cm³/mol. The number of furan rings is 1. The Balaban J connectivity index is 1.93. The van der Waals surface area contributed by atoms with Gasteiger partial charge in [-0.3, -0.25) is 9.89 Å². The van der Waals surface area contributed by atoms with Gasteiger partial charge in [-0.05, 0) is 24.3 Å². The molecule has 0 aliphatic carbocycles. The summed E-state index contributed by atoms with van der Waals surface area (Å²) < 4.78 is 5.75. The van der Waals surface area contributed by atoms with Gasteiger partial charge in [0.05, 0.1) is 0 Å². The number of carbonyl (C=O) groups is 1. The summed E-state index contributed by atoms with van der Waals surface area (Å²) in [7, 11) is 3.43. The maximum atomic E-state index is 12.0. The van der Waals surface area contributed by atoms with E-state index in [1.54, 1.807) is 32.3 Å². The lowest BCUT2D eigenvalue weighted by atomic mass is 10.1. The average Bonchev–Trinajstić information content (AvgIpc) is 3.15. The monoisotopic (exact) mass is 297 g/mol. The van der Waals surface area contributed by atoms with Gasteiger partial charge < -0.3 is 15.1 Å². The summed E-state index contributed by atoms with van der Waals surface area (Å²) in [6.45, 7) is 0. The lowest BCUT2D eigenvalue weighted by molar-refractivity contribution is 0.0827. The first kappa shape index (κ1) is 13.9. The lowest BCUT2D eigenvalue weighted by Gasteiger charge is -2.10. The van der Waals surface area contributed by atoms with Crippen LogP contribution in [0.5, 0.6) is 0 Å². The van der Waals surface area contributed by atoms with Crippen LogP contribution in [0.25, 0.3) is 22.9 Å². The van der Waals surface area contributed by atoms with Crippen molar-refractivity contribution in [1.29, 1.82) is 0 Å². The molecule has 0 unspecified atom stereocenters. The van der Waals surface area contributed by atoms with Gasteiger partial charge in [0, 0.05) is 25.2 Å². The Kier molecular flexibility index (Phi) is 3.38. The van der Waals surface area contributed by atoms with Gasteiger partial charge in [-0.15, -0.1) is 5.10 Å². The number of rotatable bonds is 3. The maximum Gasteiger partial charge on any atom is 0.253 e. The number of anilines is 1. The summed E-state index contributed by atoms with van der Waals surface area (Å²) in [6.07, 6.45) is 0. The van der Waals surface area contributed by atoms with Crippen LogP contribution in [-0.2, 0) is 0 Å². The summed E-state index contributed by atoms with van der Waals surface area (Å²) in [5.41, 5.74) is 6.89. The zero-order chi connectivity index (χ0) is 15.7. The first-order valence-corrected chi connectivity index (χ1v) is 6.65. The van der Waals surface area contributed by atoms with Crippen LogP contribution >= 0.6 is 0 Å². The van der Waals surface area contributed by atoms with Crippen LogP contribution in [0.2, 0.25) is 0 Å². The molecule has 3 aromatic rings. The molecule has 0 spiro atoms. The smallest absolute Gasteiger partial charge is 0.253 e. The van der Waals surface area contributed by atoms with Gasteiger partial charge in [-0.2, -0.15) is 4.98 Å². The molecule has 112 valence electrons. The molecule has 2 aromatic heterocycles. The predicted octanol–water partition coefficient (Wildman–Crippen LogP) is 2.02. The number of nitrogens with one attached hydrogen (secondary N) is 1. The van der Waals surface area contributed by atoms with E-state index in [1.165, 1.54) is 4.90 Å². The zero-order valence-electron chi connectivity index (χ0n) is 12.2. The quantitative estimate of drug-likeness (QED) is 0.770. The second-order valence-corrected chi connectivity index (χ2v) is 4.99. The number of nitrogens with two attached hydrogens (primary N) is 1. The standard InChI is InChI=1S/C15H15N5O2/c1-20(2)14(21)10-5-3-4-9(8-10)11-6-7-12(22-11)13-17-15(16)19-18-13/h3-8H,1-2H3,(H3,16,17,18,19). The van der Waals surface area contributed by atoms with Gasteiger partial charge in [0.25, 0.3) is 5.91 Å². The molecule has 0 fully saturated rings. The fourth-order valence-corrected chi connectivity index (χ4v) is 2.07. The lowest BCUT2D eigenvalue weighted by Crippen LogP contribution is -2.21.